The number of hydrazone groups is 1. The zero-order valence-corrected chi connectivity index (χ0v) is 15.8. The van der Waals surface area contributed by atoms with E-state index < -0.39 is 0 Å². The topological polar surface area (TPSA) is 50.7 Å². The minimum Gasteiger partial charge on any atom is -0.484 e. The molecule has 0 aliphatic carbocycles. The molecule has 0 spiro atoms. The van der Waals surface area contributed by atoms with Crippen molar-refractivity contribution in [3.8, 4) is 16.9 Å². The summed E-state index contributed by atoms with van der Waals surface area (Å²) in [5.41, 5.74) is 5.63. The number of ether oxygens (including phenoxy) is 1. The average Bonchev–Trinajstić information content (AvgIpc) is 2.74. The van der Waals surface area contributed by atoms with Gasteiger partial charge in [-0.3, -0.25) is 4.79 Å². The highest BCUT2D eigenvalue weighted by atomic mass is 32.2. The van der Waals surface area contributed by atoms with Gasteiger partial charge in [0.2, 0.25) is 0 Å². The standard InChI is InChI=1S/C22H20N2O2S/c1-27-21-13-7-17(8-14-21)15-23-24-22(25)16-26-20-11-9-19(10-12-20)18-5-3-2-4-6-18/h2-15H,16H2,1H3,(H,24,25). The quantitative estimate of drug-likeness (QED) is 0.372. The van der Waals surface area contributed by atoms with Crippen LogP contribution in [0, 0.1) is 0 Å². The minimum atomic E-state index is -0.306. The van der Waals surface area contributed by atoms with E-state index in [4.69, 9.17) is 4.74 Å². The molecule has 3 rings (SSSR count). The number of amides is 1. The second kappa shape index (κ2) is 9.59. The fourth-order valence-electron chi connectivity index (χ4n) is 2.42. The van der Waals surface area contributed by atoms with E-state index in [9.17, 15) is 4.79 Å². The van der Waals surface area contributed by atoms with Gasteiger partial charge in [-0.2, -0.15) is 5.10 Å². The van der Waals surface area contributed by atoms with E-state index in [-0.39, 0.29) is 12.5 Å². The Hall–Kier alpha value is -3.05. The highest BCUT2D eigenvalue weighted by Crippen LogP contribution is 2.21. The smallest absolute Gasteiger partial charge is 0.277 e. The summed E-state index contributed by atoms with van der Waals surface area (Å²) in [7, 11) is 0. The van der Waals surface area contributed by atoms with Gasteiger partial charge in [0.1, 0.15) is 5.75 Å². The van der Waals surface area contributed by atoms with Crippen LogP contribution in [0.1, 0.15) is 5.56 Å². The third-order valence-corrected chi connectivity index (χ3v) is 4.59. The maximum absolute atomic E-state index is 11.8. The number of benzene rings is 3. The Kier molecular flexibility index (Phi) is 6.66. The molecule has 3 aromatic rings. The summed E-state index contributed by atoms with van der Waals surface area (Å²) < 4.78 is 5.50. The van der Waals surface area contributed by atoms with Crippen molar-refractivity contribution >= 4 is 23.9 Å². The van der Waals surface area contributed by atoms with Crippen molar-refractivity contribution in [2.45, 2.75) is 4.90 Å². The number of thioether (sulfide) groups is 1. The Bertz CT molecular complexity index is 892. The third kappa shape index (κ3) is 5.72. The fourth-order valence-corrected chi connectivity index (χ4v) is 2.83. The lowest BCUT2D eigenvalue weighted by Crippen LogP contribution is -2.24. The van der Waals surface area contributed by atoms with Crippen molar-refractivity contribution in [2.75, 3.05) is 12.9 Å². The molecule has 0 atom stereocenters. The van der Waals surface area contributed by atoms with E-state index in [1.807, 2.05) is 73.0 Å². The fraction of sp³-hybridized carbons (Fsp3) is 0.0909. The normalized spacial score (nSPS) is 10.7. The maximum Gasteiger partial charge on any atom is 0.277 e. The number of hydrogen-bond donors (Lipinski definition) is 1. The number of hydrogen-bond acceptors (Lipinski definition) is 4. The van der Waals surface area contributed by atoms with Crippen molar-refractivity contribution < 1.29 is 9.53 Å². The van der Waals surface area contributed by atoms with Crippen LogP contribution in [0.3, 0.4) is 0 Å². The van der Waals surface area contributed by atoms with E-state index in [2.05, 4.69) is 22.7 Å². The highest BCUT2D eigenvalue weighted by molar-refractivity contribution is 7.98. The first-order valence-electron chi connectivity index (χ1n) is 8.49. The number of rotatable bonds is 7. The monoisotopic (exact) mass is 376 g/mol. The van der Waals surface area contributed by atoms with Crippen LogP contribution in [0.15, 0.2) is 88.9 Å². The van der Waals surface area contributed by atoms with Crippen LogP contribution in [-0.2, 0) is 4.79 Å². The molecule has 0 aromatic heterocycles. The first-order chi connectivity index (χ1) is 13.2. The summed E-state index contributed by atoms with van der Waals surface area (Å²) >= 11 is 1.68. The number of carbonyl (C=O) groups is 1. The van der Waals surface area contributed by atoms with Crippen molar-refractivity contribution in [1.82, 2.24) is 5.43 Å². The summed E-state index contributed by atoms with van der Waals surface area (Å²) in [5.74, 6) is 0.334. The van der Waals surface area contributed by atoms with Gasteiger partial charge in [0.05, 0.1) is 6.21 Å². The second-order valence-electron chi connectivity index (χ2n) is 5.75. The average molecular weight is 376 g/mol. The zero-order valence-electron chi connectivity index (χ0n) is 15.0. The summed E-state index contributed by atoms with van der Waals surface area (Å²) in [6.07, 6.45) is 3.63. The molecule has 1 N–H and O–H groups in total. The molecule has 4 nitrogen and oxygen atoms in total. The molecule has 0 saturated heterocycles. The molecule has 0 fully saturated rings. The lowest BCUT2D eigenvalue weighted by molar-refractivity contribution is -0.123. The van der Waals surface area contributed by atoms with Gasteiger partial charge in [-0.1, -0.05) is 54.6 Å². The summed E-state index contributed by atoms with van der Waals surface area (Å²) in [6, 6.07) is 25.7. The molecule has 5 heteroatoms. The zero-order chi connectivity index (χ0) is 18.9. The van der Waals surface area contributed by atoms with Crippen LogP contribution in [-0.4, -0.2) is 25.0 Å². The van der Waals surface area contributed by atoms with Gasteiger partial charge in [-0.05, 0) is 47.2 Å². The van der Waals surface area contributed by atoms with Gasteiger partial charge in [-0.15, -0.1) is 11.8 Å². The summed E-state index contributed by atoms with van der Waals surface area (Å²) in [5, 5.41) is 3.95. The second-order valence-corrected chi connectivity index (χ2v) is 6.63. The first kappa shape index (κ1) is 18.7. The Morgan fingerprint density at radius 3 is 2.30 bits per heavy atom. The molecule has 0 bridgehead atoms. The van der Waals surface area contributed by atoms with Crippen LogP contribution in [0.5, 0.6) is 5.75 Å². The Morgan fingerprint density at radius 1 is 0.963 bits per heavy atom. The van der Waals surface area contributed by atoms with Gasteiger partial charge in [-0.25, -0.2) is 5.43 Å². The molecule has 0 aliphatic heterocycles. The molecular formula is C22H20N2O2S. The lowest BCUT2D eigenvalue weighted by atomic mass is 10.1. The Labute approximate surface area is 163 Å². The predicted molar refractivity (Wildman–Crippen MR) is 111 cm³/mol. The summed E-state index contributed by atoms with van der Waals surface area (Å²) in [6.45, 7) is -0.0898. The van der Waals surface area contributed by atoms with E-state index in [0.29, 0.717) is 5.75 Å². The molecule has 0 saturated carbocycles. The van der Waals surface area contributed by atoms with E-state index in [1.165, 1.54) is 4.90 Å². The number of nitrogens with one attached hydrogen (secondary N) is 1. The van der Waals surface area contributed by atoms with E-state index >= 15 is 0 Å². The van der Waals surface area contributed by atoms with Crippen LogP contribution in [0.25, 0.3) is 11.1 Å². The van der Waals surface area contributed by atoms with Crippen molar-refractivity contribution in [3.63, 3.8) is 0 Å². The SMILES string of the molecule is CSc1ccc(C=NNC(=O)COc2ccc(-c3ccccc3)cc2)cc1. The van der Waals surface area contributed by atoms with Gasteiger partial charge >= 0.3 is 0 Å². The molecule has 3 aromatic carbocycles. The van der Waals surface area contributed by atoms with Crippen molar-refractivity contribution in [2.24, 2.45) is 5.10 Å². The molecule has 136 valence electrons. The molecular weight excluding hydrogens is 356 g/mol. The molecule has 0 radical (unpaired) electrons. The predicted octanol–water partition coefficient (Wildman–Crippen LogP) is 4.60. The molecule has 27 heavy (non-hydrogen) atoms. The first-order valence-corrected chi connectivity index (χ1v) is 9.71. The van der Waals surface area contributed by atoms with Crippen LogP contribution in [0.4, 0.5) is 0 Å². The lowest BCUT2D eigenvalue weighted by Gasteiger charge is -2.06. The molecule has 0 aliphatic rings. The Balaban J connectivity index is 1.46. The molecule has 1 amide bonds. The largest absolute Gasteiger partial charge is 0.484 e. The van der Waals surface area contributed by atoms with Crippen LogP contribution < -0.4 is 10.2 Å². The summed E-state index contributed by atoms with van der Waals surface area (Å²) in [4.78, 5) is 13.0. The van der Waals surface area contributed by atoms with Gasteiger partial charge in [0, 0.05) is 4.90 Å². The van der Waals surface area contributed by atoms with Gasteiger partial charge in [0.25, 0.3) is 5.91 Å². The van der Waals surface area contributed by atoms with Crippen LogP contribution in [0.2, 0.25) is 0 Å². The van der Waals surface area contributed by atoms with Gasteiger partial charge in [0.15, 0.2) is 6.61 Å². The van der Waals surface area contributed by atoms with Crippen LogP contribution >= 0.6 is 11.8 Å². The highest BCUT2D eigenvalue weighted by Gasteiger charge is 2.02. The van der Waals surface area contributed by atoms with Crippen molar-refractivity contribution in [3.05, 3.63) is 84.4 Å². The van der Waals surface area contributed by atoms with E-state index in [1.54, 1.807) is 18.0 Å². The maximum atomic E-state index is 11.8. The Morgan fingerprint density at radius 2 is 1.63 bits per heavy atom. The van der Waals surface area contributed by atoms with Gasteiger partial charge < -0.3 is 4.74 Å². The minimum absolute atomic E-state index is 0.0898. The third-order valence-electron chi connectivity index (χ3n) is 3.85. The van der Waals surface area contributed by atoms with Crippen molar-refractivity contribution in [1.29, 1.82) is 0 Å². The molecule has 0 heterocycles. The van der Waals surface area contributed by atoms with E-state index in [0.717, 1.165) is 16.7 Å². The molecule has 0 unspecified atom stereocenters. The number of carbonyl (C=O) groups excluding carboxylic acids is 1. The number of nitrogens with zero attached hydrogens (tertiary/aromatic N) is 1.